The van der Waals surface area contributed by atoms with E-state index in [4.69, 9.17) is 4.74 Å². The van der Waals surface area contributed by atoms with Gasteiger partial charge in [-0.1, -0.05) is 0 Å². The average molecular weight is 210 g/mol. The Morgan fingerprint density at radius 1 is 1.57 bits per heavy atom. The van der Waals surface area contributed by atoms with Gasteiger partial charge in [0, 0.05) is 6.61 Å². The molecule has 1 atom stereocenters. The summed E-state index contributed by atoms with van der Waals surface area (Å²) in [7, 11) is 0. The van der Waals surface area contributed by atoms with E-state index in [0.717, 1.165) is 30.3 Å². The third-order valence-electron chi connectivity index (χ3n) is 2.25. The molecule has 0 spiro atoms. The monoisotopic (exact) mass is 210 g/mol. The predicted molar refractivity (Wildman–Crippen MR) is 58.9 cm³/mol. The normalized spacial score (nSPS) is 21.1. The van der Waals surface area contributed by atoms with Gasteiger partial charge >= 0.3 is 0 Å². The highest BCUT2D eigenvalue weighted by Gasteiger charge is 2.14. The Labute approximate surface area is 88.3 Å². The highest BCUT2D eigenvalue weighted by Crippen LogP contribution is 2.16. The van der Waals surface area contributed by atoms with Crippen molar-refractivity contribution in [3.8, 4) is 0 Å². The molecule has 1 unspecified atom stereocenters. The number of rotatable bonds is 3. The molecular weight excluding hydrogens is 196 g/mol. The van der Waals surface area contributed by atoms with Gasteiger partial charge in [-0.25, -0.2) is 4.98 Å². The van der Waals surface area contributed by atoms with Crippen molar-refractivity contribution in [1.82, 2.24) is 4.98 Å². The predicted octanol–water partition coefficient (Wildman–Crippen LogP) is 2.00. The molecule has 0 bridgehead atoms. The molecule has 1 N–H and O–H groups in total. The zero-order valence-electron chi connectivity index (χ0n) is 8.19. The molecule has 0 aliphatic carbocycles. The van der Waals surface area contributed by atoms with Crippen molar-refractivity contribution in [3.63, 3.8) is 0 Å². The first-order chi connectivity index (χ1) is 6.88. The number of hydrogen-bond acceptors (Lipinski definition) is 4. The summed E-state index contributed by atoms with van der Waals surface area (Å²) in [5.41, 5.74) is 1.08. The number of aromatic nitrogens is 1. The lowest BCUT2D eigenvalue weighted by molar-refractivity contribution is 0.195. The van der Waals surface area contributed by atoms with E-state index in [-0.39, 0.29) is 0 Å². The Hall–Kier alpha value is -0.740. The van der Waals surface area contributed by atoms with E-state index in [1.54, 1.807) is 11.8 Å². The molecule has 1 saturated heterocycles. The van der Waals surface area contributed by atoms with Crippen LogP contribution in [0.15, 0.2) is 23.4 Å². The standard InChI is InChI=1S/C10H14N2OS/c1-14-10-3-2-8(6-11-10)12-9-4-5-13-7-9/h2-3,6,9,12H,4-5,7H2,1H3. The van der Waals surface area contributed by atoms with Crippen LogP contribution in [-0.2, 0) is 4.74 Å². The smallest absolute Gasteiger partial charge is 0.0958 e. The molecule has 1 aliphatic heterocycles. The Balaban J connectivity index is 1.95. The van der Waals surface area contributed by atoms with Gasteiger partial charge in [0.2, 0.25) is 0 Å². The zero-order chi connectivity index (χ0) is 9.80. The molecular formula is C10H14N2OS. The van der Waals surface area contributed by atoms with Gasteiger partial charge < -0.3 is 10.1 Å². The summed E-state index contributed by atoms with van der Waals surface area (Å²) in [5, 5.41) is 4.45. The van der Waals surface area contributed by atoms with Crippen LogP contribution in [0.4, 0.5) is 5.69 Å². The van der Waals surface area contributed by atoms with Gasteiger partial charge in [0.15, 0.2) is 0 Å². The maximum absolute atomic E-state index is 5.29. The molecule has 1 fully saturated rings. The van der Waals surface area contributed by atoms with Crippen molar-refractivity contribution < 1.29 is 4.74 Å². The van der Waals surface area contributed by atoms with Gasteiger partial charge in [0.25, 0.3) is 0 Å². The van der Waals surface area contributed by atoms with E-state index in [9.17, 15) is 0 Å². The van der Waals surface area contributed by atoms with Crippen LogP contribution < -0.4 is 5.32 Å². The van der Waals surface area contributed by atoms with Crippen LogP contribution in [0.2, 0.25) is 0 Å². The quantitative estimate of drug-likeness (QED) is 0.774. The Bertz CT molecular complexity index is 283. The fourth-order valence-electron chi connectivity index (χ4n) is 1.47. The molecule has 4 heteroatoms. The molecule has 0 aromatic carbocycles. The van der Waals surface area contributed by atoms with Crippen molar-refractivity contribution >= 4 is 17.4 Å². The van der Waals surface area contributed by atoms with Gasteiger partial charge in [-0.15, -0.1) is 11.8 Å². The average Bonchev–Trinajstić information content (AvgIpc) is 2.72. The minimum atomic E-state index is 0.455. The third kappa shape index (κ3) is 2.39. The van der Waals surface area contributed by atoms with Crippen LogP contribution in [-0.4, -0.2) is 30.5 Å². The van der Waals surface area contributed by atoms with E-state index in [0.29, 0.717) is 6.04 Å². The van der Waals surface area contributed by atoms with Gasteiger partial charge in [0.05, 0.1) is 29.6 Å². The lowest BCUT2D eigenvalue weighted by Gasteiger charge is -2.11. The molecule has 2 heterocycles. The van der Waals surface area contributed by atoms with E-state index >= 15 is 0 Å². The second kappa shape index (κ2) is 4.66. The van der Waals surface area contributed by atoms with Crippen molar-refractivity contribution in [2.24, 2.45) is 0 Å². The Morgan fingerprint density at radius 2 is 2.50 bits per heavy atom. The molecule has 2 rings (SSSR count). The highest BCUT2D eigenvalue weighted by molar-refractivity contribution is 7.98. The Kier molecular flexibility index (Phi) is 3.26. The molecule has 1 aromatic heterocycles. The van der Waals surface area contributed by atoms with Crippen LogP contribution in [0.3, 0.4) is 0 Å². The number of nitrogens with zero attached hydrogens (tertiary/aromatic N) is 1. The van der Waals surface area contributed by atoms with E-state index in [1.165, 1.54) is 0 Å². The van der Waals surface area contributed by atoms with Crippen molar-refractivity contribution in [3.05, 3.63) is 18.3 Å². The minimum absolute atomic E-state index is 0.455. The van der Waals surface area contributed by atoms with Crippen LogP contribution in [0.5, 0.6) is 0 Å². The number of thioether (sulfide) groups is 1. The first kappa shape index (κ1) is 9.80. The summed E-state index contributed by atoms with van der Waals surface area (Å²) in [6.45, 7) is 1.68. The van der Waals surface area contributed by atoms with Gasteiger partial charge in [-0.3, -0.25) is 0 Å². The number of ether oxygens (including phenoxy) is 1. The van der Waals surface area contributed by atoms with Crippen LogP contribution in [0.25, 0.3) is 0 Å². The number of anilines is 1. The number of pyridine rings is 1. The molecule has 0 saturated carbocycles. The van der Waals surface area contributed by atoms with Crippen molar-refractivity contribution in [2.45, 2.75) is 17.5 Å². The summed E-state index contributed by atoms with van der Waals surface area (Å²) in [6, 6.07) is 4.55. The fraction of sp³-hybridized carbons (Fsp3) is 0.500. The first-order valence-electron chi connectivity index (χ1n) is 4.73. The summed E-state index contributed by atoms with van der Waals surface area (Å²) in [4.78, 5) is 4.30. The SMILES string of the molecule is CSc1ccc(NC2CCOC2)cn1. The molecule has 0 amide bonds. The highest BCUT2D eigenvalue weighted by atomic mass is 32.2. The molecule has 0 radical (unpaired) electrons. The molecule has 1 aromatic rings. The van der Waals surface area contributed by atoms with Crippen molar-refractivity contribution in [2.75, 3.05) is 24.8 Å². The zero-order valence-corrected chi connectivity index (χ0v) is 9.01. The number of nitrogens with one attached hydrogen (secondary N) is 1. The van der Waals surface area contributed by atoms with Crippen molar-refractivity contribution in [1.29, 1.82) is 0 Å². The topological polar surface area (TPSA) is 34.1 Å². The molecule has 76 valence electrons. The van der Waals surface area contributed by atoms with Crippen LogP contribution >= 0.6 is 11.8 Å². The second-order valence-electron chi connectivity index (χ2n) is 3.29. The van der Waals surface area contributed by atoms with Gasteiger partial charge in [-0.2, -0.15) is 0 Å². The Morgan fingerprint density at radius 3 is 3.07 bits per heavy atom. The molecule has 14 heavy (non-hydrogen) atoms. The lowest BCUT2D eigenvalue weighted by Crippen LogP contribution is -2.18. The molecule has 3 nitrogen and oxygen atoms in total. The fourth-order valence-corrected chi connectivity index (χ4v) is 1.83. The number of hydrogen-bond donors (Lipinski definition) is 1. The summed E-state index contributed by atoms with van der Waals surface area (Å²) in [6.07, 6.45) is 4.99. The van der Waals surface area contributed by atoms with E-state index < -0.39 is 0 Å². The first-order valence-corrected chi connectivity index (χ1v) is 5.95. The van der Waals surface area contributed by atoms with Crippen LogP contribution in [0.1, 0.15) is 6.42 Å². The molecule has 1 aliphatic rings. The van der Waals surface area contributed by atoms with E-state index in [1.807, 2.05) is 18.5 Å². The summed E-state index contributed by atoms with van der Waals surface area (Å²) in [5.74, 6) is 0. The van der Waals surface area contributed by atoms with E-state index in [2.05, 4.69) is 16.4 Å². The van der Waals surface area contributed by atoms with Gasteiger partial charge in [-0.05, 0) is 24.8 Å². The second-order valence-corrected chi connectivity index (χ2v) is 4.12. The van der Waals surface area contributed by atoms with Gasteiger partial charge in [0.1, 0.15) is 0 Å². The third-order valence-corrected chi connectivity index (χ3v) is 2.91. The maximum Gasteiger partial charge on any atom is 0.0958 e. The summed E-state index contributed by atoms with van der Waals surface area (Å²) < 4.78 is 5.29. The van der Waals surface area contributed by atoms with Crippen LogP contribution in [0, 0.1) is 0 Å². The minimum Gasteiger partial charge on any atom is -0.379 e. The largest absolute Gasteiger partial charge is 0.379 e. The summed E-state index contributed by atoms with van der Waals surface area (Å²) >= 11 is 1.66. The maximum atomic E-state index is 5.29. The lowest BCUT2D eigenvalue weighted by atomic mass is 10.2.